The maximum Gasteiger partial charge on any atom is 0.262 e. The third-order valence-electron chi connectivity index (χ3n) is 13.0. The van der Waals surface area contributed by atoms with Crippen LogP contribution in [-0.4, -0.2) is 77.2 Å². The Labute approximate surface area is 341 Å². The molecular weight excluding hydrogens is 758 g/mol. The molecule has 1 aliphatic carbocycles. The summed E-state index contributed by atoms with van der Waals surface area (Å²) in [6.45, 7) is 11.2. The average Bonchev–Trinajstić information content (AvgIpc) is 3.70. The van der Waals surface area contributed by atoms with Crippen LogP contribution in [0.1, 0.15) is 101 Å². The zero-order valence-electron chi connectivity index (χ0n) is 32.9. The van der Waals surface area contributed by atoms with Gasteiger partial charge < -0.3 is 15.0 Å². The van der Waals surface area contributed by atoms with E-state index in [4.69, 9.17) is 16.3 Å². The van der Waals surface area contributed by atoms with E-state index in [9.17, 15) is 34.5 Å². The van der Waals surface area contributed by atoms with Crippen molar-refractivity contribution in [3.05, 3.63) is 93.0 Å². The number of halogens is 1. The Kier molecular flexibility index (Phi) is 9.61. The Balaban J connectivity index is 0.854. The molecule has 1 atom stereocenters. The van der Waals surface area contributed by atoms with Crippen molar-refractivity contribution in [2.75, 3.05) is 24.5 Å². The second-order valence-electron chi connectivity index (χ2n) is 17.5. The maximum atomic E-state index is 13.5. The monoisotopic (exact) mass is 801 g/mol. The van der Waals surface area contributed by atoms with Crippen LogP contribution in [0.25, 0.3) is 0 Å². The standard InChI is InChI=1S/C44H44ClN7O6/c1-42(2)40(43(3,4)41(42)58-30-10-7-26(20-46)33(45)19-30)49-36(54)25-5-8-29(9-6-25)51-15-13-44(23-47,14-16-51)24-50-21-27-17-31-32(18-28(27)22-50)39(57)52(38(31)56)34-11-12-35(53)48-37(34)55/h5-10,17-19,34,40-41H,11-16,21-22,24H2,1-4H3,(H,49,54)(H,48,53,55)/t34?,40-,41-. The fourth-order valence-corrected chi connectivity index (χ4v) is 10.3. The van der Waals surface area contributed by atoms with Crippen LogP contribution in [0, 0.1) is 38.9 Å². The molecule has 14 heteroatoms. The summed E-state index contributed by atoms with van der Waals surface area (Å²) in [5, 5.41) is 25.5. The number of anilines is 1. The van der Waals surface area contributed by atoms with Crippen molar-refractivity contribution in [1.82, 2.24) is 20.4 Å². The van der Waals surface area contributed by atoms with Gasteiger partial charge in [0.05, 0.1) is 33.2 Å². The van der Waals surface area contributed by atoms with Crippen LogP contribution in [0.5, 0.6) is 5.75 Å². The van der Waals surface area contributed by atoms with Crippen LogP contribution in [0.15, 0.2) is 54.6 Å². The van der Waals surface area contributed by atoms with Gasteiger partial charge in [0.25, 0.3) is 17.7 Å². The first-order valence-corrected chi connectivity index (χ1v) is 20.0. The lowest BCUT2D eigenvalue weighted by molar-refractivity contribution is -0.164. The number of rotatable bonds is 8. The van der Waals surface area contributed by atoms with Crippen molar-refractivity contribution in [2.24, 2.45) is 16.2 Å². The number of ether oxygens (including phenoxy) is 1. The number of nitriles is 2. The Morgan fingerprint density at radius 1 is 0.914 bits per heavy atom. The molecule has 3 fully saturated rings. The molecule has 4 aliphatic heterocycles. The number of carbonyl (C=O) groups excluding carboxylic acids is 5. The first kappa shape index (κ1) is 39.1. The molecule has 0 aromatic heterocycles. The van der Waals surface area contributed by atoms with Crippen molar-refractivity contribution in [2.45, 2.75) is 84.7 Å². The molecule has 0 bridgehead atoms. The molecule has 298 valence electrons. The summed E-state index contributed by atoms with van der Waals surface area (Å²) in [4.78, 5) is 69.8. The summed E-state index contributed by atoms with van der Waals surface area (Å²) in [5.74, 6) is -1.69. The van der Waals surface area contributed by atoms with Crippen LogP contribution in [0.3, 0.4) is 0 Å². The highest BCUT2D eigenvalue weighted by molar-refractivity contribution is 6.31. The van der Waals surface area contributed by atoms with Gasteiger partial charge in [0.2, 0.25) is 11.8 Å². The number of imide groups is 2. The number of hydrogen-bond acceptors (Lipinski definition) is 10. The third-order valence-corrected chi connectivity index (χ3v) is 13.3. The van der Waals surface area contributed by atoms with Gasteiger partial charge in [-0.25, -0.2) is 0 Å². The van der Waals surface area contributed by atoms with Crippen molar-refractivity contribution >= 4 is 46.8 Å². The number of amides is 5. The predicted octanol–water partition coefficient (Wildman–Crippen LogP) is 5.35. The summed E-state index contributed by atoms with van der Waals surface area (Å²) >= 11 is 6.25. The predicted molar refractivity (Wildman–Crippen MR) is 213 cm³/mol. The van der Waals surface area contributed by atoms with E-state index < -0.39 is 45.9 Å². The van der Waals surface area contributed by atoms with E-state index in [0.717, 1.165) is 21.7 Å². The van der Waals surface area contributed by atoms with E-state index in [1.54, 1.807) is 30.3 Å². The van der Waals surface area contributed by atoms with Gasteiger partial charge in [-0.3, -0.25) is 39.1 Å². The number of carbonyl (C=O) groups is 5. The van der Waals surface area contributed by atoms with Crippen molar-refractivity contribution < 1.29 is 28.7 Å². The summed E-state index contributed by atoms with van der Waals surface area (Å²) in [6, 6.07) is 19.6. The lowest BCUT2D eigenvalue weighted by Gasteiger charge is -2.63. The van der Waals surface area contributed by atoms with Gasteiger partial charge in [-0.05, 0) is 78.9 Å². The van der Waals surface area contributed by atoms with Gasteiger partial charge in [0.1, 0.15) is 24.0 Å². The molecule has 8 rings (SSSR count). The molecule has 13 nitrogen and oxygen atoms in total. The molecule has 3 aromatic carbocycles. The van der Waals surface area contributed by atoms with E-state index >= 15 is 0 Å². The van der Waals surface area contributed by atoms with Crippen LogP contribution in [0.2, 0.25) is 5.02 Å². The molecule has 58 heavy (non-hydrogen) atoms. The summed E-state index contributed by atoms with van der Waals surface area (Å²) < 4.78 is 6.37. The zero-order chi connectivity index (χ0) is 41.3. The fourth-order valence-electron chi connectivity index (χ4n) is 10.1. The van der Waals surface area contributed by atoms with Gasteiger partial charge in [-0.2, -0.15) is 10.5 Å². The minimum Gasteiger partial charge on any atom is -0.489 e. The fraction of sp³-hybridized carbons (Fsp3) is 0.432. The quantitative estimate of drug-likeness (QED) is 0.283. The lowest BCUT2D eigenvalue weighted by atomic mass is 9.49. The molecule has 3 aromatic rings. The highest BCUT2D eigenvalue weighted by Gasteiger charge is 2.64. The summed E-state index contributed by atoms with van der Waals surface area (Å²) in [7, 11) is 0. The first-order chi connectivity index (χ1) is 27.5. The molecule has 0 spiro atoms. The molecular formula is C44H44ClN7O6. The number of piperidine rings is 2. The number of nitrogens with zero attached hydrogens (tertiary/aromatic N) is 5. The minimum atomic E-state index is -1.01. The van der Waals surface area contributed by atoms with E-state index in [0.29, 0.717) is 67.5 Å². The Hall–Kier alpha value is -5.76. The molecule has 2 N–H and O–H groups in total. The number of fused-ring (bicyclic) bond motifs is 2. The van der Waals surface area contributed by atoms with Gasteiger partial charge in [-0.1, -0.05) is 39.3 Å². The van der Waals surface area contributed by atoms with Crippen molar-refractivity contribution in [3.63, 3.8) is 0 Å². The number of nitrogens with one attached hydrogen (secondary N) is 2. The molecule has 4 heterocycles. The first-order valence-electron chi connectivity index (χ1n) is 19.6. The largest absolute Gasteiger partial charge is 0.489 e. The van der Waals surface area contributed by atoms with Crippen LogP contribution >= 0.6 is 11.6 Å². The SMILES string of the molecule is CC1(C)[C@H](NC(=O)c2ccc(N3CCC(C#N)(CN4Cc5cc6c(cc5C4)C(=O)N(C4CCC(=O)NC4=O)C6=O)CC3)cc2)C(C)(C)[C@H]1Oc1ccc(C#N)c(Cl)c1. The molecule has 2 saturated heterocycles. The number of benzene rings is 3. The molecule has 0 radical (unpaired) electrons. The Morgan fingerprint density at radius 3 is 2.09 bits per heavy atom. The lowest BCUT2D eigenvalue weighted by Crippen LogP contribution is -2.74. The molecule has 5 amide bonds. The Morgan fingerprint density at radius 2 is 1.53 bits per heavy atom. The maximum absolute atomic E-state index is 13.5. The summed E-state index contributed by atoms with van der Waals surface area (Å²) in [6.07, 6.45) is 1.26. The number of hydrogen-bond donors (Lipinski definition) is 2. The van der Waals surface area contributed by atoms with E-state index in [-0.39, 0.29) is 42.0 Å². The second-order valence-corrected chi connectivity index (χ2v) is 17.9. The van der Waals surface area contributed by atoms with Crippen molar-refractivity contribution in [1.29, 1.82) is 10.5 Å². The highest BCUT2D eigenvalue weighted by Crippen LogP contribution is 2.55. The van der Waals surface area contributed by atoms with Gasteiger partial charge in [0.15, 0.2) is 0 Å². The Bertz CT molecular complexity index is 2290. The van der Waals surface area contributed by atoms with Gasteiger partial charge in [0, 0.05) is 73.3 Å². The normalized spacial score (nSPS) is 24.2. The van der Waals surface area contributed by atoms with Gasteiger partial charge >= 0.3 is 0 Å². The second kappa shape index (κ2) is 14.3. The smallest absolute Gasteiger partial charge is 0.262 e. The topological polar surface area (TPSA) is 176 Å². The average molecular weight is 802 g/mol. The van der Waals surface area contributed by atoms with Crippen molar-refractivity contribution in [3.8, 4) is 17.9 Å². The molecule has 1 unspecified atom stereocenters. The molecule has 5 aliphatic rings. The minimum absolute atomic E-state index is 0.0654. The third kappa shape index (κ3) is 6.56. The van der Waals surface area contributed by atoms with Crippen LogP contribution in [0.4, 0.5) is 5.69 Å². The van der Waals surface area contributed by atoms with Gasteiger partial charge in [-0.15, -0.1) is 0 Å². The van der Waals surface area contributed by atoms with E-state index in [2.05, 4.69) is 60.3 Å². The zero-order valence-corrected chi connectivity index (χ0v) is 33.6. The summed E-state index contributed by atoms with van der Waals surface area (Å²) in [5.41, 5.74) is 2.93. The highest BCUT2D eigenvalue weighted by atomic mass is 35.5. The van der Waals surface area contributed by atoms with Crippen LogP contribution < -0.4 is 20.3 Å². The van der Waals surface area contributed by atoms with E-state index in [1.807, 2.05) is 24.3 Å². The molecule has 1 saturated carbocycles. The van der Waals surface area contributed by atoms with E-state index in [1.165, 1.54) is 0 Å². The van der Waals surface area contributed by atoms with Crippen LogP contribution in [-0.2, 0) is 22.7 Å².